The molecule has 0 bridgehead atoms. The van der Waals surface area contributed by atoms with Gasteiger partial charge in [-0.3, -0.25) is 0 Å². The molecule has 0 aromatic carbocycles. The maximum atomic E-state index is 3.47. The van der Waals surface area contributed by atoms with E-state index in [9.17, 15) is 0 Å². The van der Waals surface area contributed by atoms with Crippen LogP contribution in [0.25, 0.3) is 0 Å². The highest BCUT2D eigenvalue weighted by Gasteiger charge is 1.97. The van der Waals surface area contributed by atoms with Crippen LogP contribution in [0.1, 0.15) is 13.8 Å². The number of hydrogen-bond donors (Lipinski definition) is 0. The molecule has 0 aromatic heterocycles. The van der Waals surface area contributed by atoms with Crippen molar-refractivity contribution in [2.45, 2.75) is 18.7 Å². The van der Waals surface area contributed by atoms with E-state index in [0.717, 1.165) is 13.1 Å². The van der Waals surface area contributed by atoms with E-state index in [4.69, 9.17) is 0 Å². The summed E-state index contributed by atoms with van der Waals surface area (Å²) in [6.07, 6.45) is 0. The van der Waals surface area contributed by atoms with Crippen molar-refractivity contribution in [3.63, 3.8) is 0 Å². The summed E-state index contributed by atoms with van der Waals surface area (Å²) in [6, 6.07) is 0. The van der Waals surface area contributed by atoms with Crippen molar-refractivity contribution in [2.24, 2.45) is 0 Å². The smallest absolute Gasteiger partial charge is 0.0244 e. The van der Waals surface area contributed by atoms with Gasteiger partial charge in [0.15, 0.2) is 0 Å². The molecule has 0 aromatic rings. The van der Waals surface area contributed by atoms with E-state index in [1.165, 1.54) is 0 Å². The molecule has 0 aliphatic rings. The summed E-state index contributed by atoms with van der Waals surface area (Å²) < 4.78 is 0. The first-order chi connectivity index (χ1) is 3.66. The lowest BCUT2D eigenvalue weighted by atomic mass is 10.4. The first kappa shape index (κ1) is 8.44. The van der Waals surface area contributed by atoms with Crippen LogP contribution in [0.5, 0.6) is 0 Å². The Hall–Kier alpha value is 0.440. The summed E-state index contributed by atoms with van der Waals surface area (Å²) in [5.41, 5.74) is 0. The minimum Gasteiger partial charge on any atom is -0.306 e. The summed E-state index contributed by atoms with van der Waals surface area (Å²) in [4.78, 5) is 2.90. The van der Waals surface area contributed by atoms with Gasteiger partial charge in [-0.2, -0.15) is 0 Å². The second-order valence-corrected chi connectivity index (χ2v) is 3.70. The Balaban J connectivity index is 3.10. The van der Waals surface area contributed by atoms with Crippen molar-refractivity contribution in [1.29, 1.82) is 0 Å². The highest BCUT2D eigenvalue weighted by atomic mass is 79.9. The number of halogens is 1. The van der Waals surface area contributed by atoms with Crippen molar-refractivity contribution in [3.8, 4) is 0 Å². The van der Waals surface area contributed by atoms with Gasteiger partial charge >= 0.3 is 0 Å². The first-order valence-electron chi connectivity index (χ1n) is 2.99. The standard InChI is InChI=1S/C6H14BrN/c1-4-8(3)5-6(2)7/h6H,4-5H2,1-3H3. The van der Waals surface area contributed by atoms with Gasteiger partial charge in [0.1, 0.15) is 0 Å². The van der Waals surface area contributed by atoms with E-state index < -0.39 is 0 Å². The van der Waals surface area contributed by atoms with Crippen molar-refractivity contribution in [1.82, 2.24) is 4.90 Å². The maximum absolute atomic E-state index is 3.47. The number of alkyl halides is 1. The second-order valence-electron chi connectivity index (χ2n) is 2.14. The van der Waals surface area contributed by atoms with Gasteiger partial charge in [0.2, 0.25) is 0 Å². The molecule has 0 amide bonds. The number of nitrogens with zero attached hydrogens (tertiary/aromatic N) is 1. The molecule has 0 saturated heterocycles. The van der Waals surface area contributed by atoms with Crippen molar-refractivity contribution >= 4 is 15.9 Å². The van der Waals surface area contributed by atoms with Crippen LogP contribution in [-0.2, 0) is 0 Å². The van der Waals surface area contributed by atoms with Gasteiger partial charge in [0, 0.05) is 11.4 Å². The molecule has 1 nitrogen and oxygen atoms in total. The number of hydrogen-bond acceptors (Lipinski definition) is 1. The zero-order valence-electron chi connectivity index (χ0n) is 5.82. The SMILES string of the molecule is CCN(C)CC(C)Br. The van der Waals surface area contributed by atoms with Crippen LogP contribution >= 0.6 is 15.9 Å². The molecule has 0 fully saturated rings. The fraction of sp³-hybridized carbons (Fsp3) is 1.00. The van der Waals surface area contributed by atoms with Gasteiger partial charge in [-0.15, -0.1) is 0 Å². The molecule has 0 aliphatic heterocycles. The minimum absolute atomic E-state index is 0.618. The molecule has 8 heavy (non-hydrogen) atoms. The van der Waals surface area contributed by atoms with E-state index in [1.807, 2.05) is 0 Å². The summed E-state index contributed by atoms with van der Waals surface area (Å²) in [5, 5.41) is 0. The molecule has 0 saturated carbocycles. The third kappa shape index (κ3) is 4.60. The molecule has 0 rings (SSSR count). The van der Waals surface area contributed by atoms with Crippen molar-refractivity contribution in [2.75, 3.05) is 20.1 Å². The third-order valence-corrected chi connectivity index (χ3v) is 1.39. The lowest BCUT2D eigenvalue weighted by molar-refractivity contribution is 0.359. The van der Waals surface area contributed by atoms with Gasteiger partial charge in [-0.05, 0) is 13.6 Å². The van der Waals surface area contributed by atoms with Gasteiger partial charge < -0.3 is 4.90 Å². The molecule has 0 aliphatic carbocycles. The normalized spacial score (nSPS) is 14.6. The summed E-state index contributed by atoms with van der Waals surface area (Å²) in [6.45, 7) is 6.59. The lowest BCUT2D eigenvalue weighted by Gasteiger charge is -2.14. The Morgan fingerprint density at radius 2 is 2.12 bits per heavy atom. The molecule has 1 unspecified atom stereocenters. The molecule has 0 N–H and O–H groups in total. The zero-order valence-corrected chi connectivity index (χ0v) is 7.40. The Labute approximate surface area is 60.2 Å². The predicted octanol–water partition coefficient (Wildman–Crippen LogP) is 1.72. The molecule has 2 heteroatoms. The monoisotopic (exact) mass is 179 g/mol. The Kier molecular flexibility index (Phi) is 4.57. The third-order valence-electron chi connectivity index (χ3n) is 1.10. The van der Waals surface area contributed by atoms with Crippen LogP contribution in [-0.4, -0.2) is 29.9 Å². The molecule has 0 spiro atoms. The summed E-state index contributed by atoms with van der Waals surface area (Å²) in [5.74, 6) is 0. The van der Waals surface area contributed by atoms with Gasteiger partial charge in [-0.1, -0.05) is 29.8 Å². The maximum Gasteiger partial charge on any atom is 0.0244 e. The lowest BCUT2D eigenvalue weighted by Crippen LogP contribution is -2.23. The highest BCUT2D eigenvalue weighted by molar-refractivity contribution is 9.09. The molecule has 50 valence electrons. The average Bonchev–Trinajstić information content (AvgIpc) is 1.65. The van der Waals surface area contributed by atoms with Gasteiger partial charge in [-0.25, -0.2) is 0 Å². The molecular weight excluding hydrogens is 166 g/mol. The first-order valence-corrected chi connectivity index (χ1v) is 3.91. The number of rotatable bonds is 3. The Morgan fingerprint density at radius 1 is 1.62 bits per heavy atom. The van der Waals surface area contributed by atoms with E-state index in [2.05, 4.69) is 41.7 Å². The zero-order chi connectivity index (χ0) is 6.57. The van der Waals surface area contributed by atoms with E-state index >= 15 is 0 Å². The average molecular weight is 180 g/mol. The van der Waals surface area contributed by atoms with Crippen LogP contribution in [0.4, 0.5) is 0 Å². The van der Waals surface area contributed by atoms with Crippen molar-refractivity contribution in [3.05, 3.63) is 0 Å². The van der Waals surface area contributed by atoms with Crippen LogP contribution in [0.3, 0.4) is 0 Å². The minimum atomic E-state index is 0.618. The molecule has 0 radical (unpaired) electrons. The Bertz CT molecular complexity index is 54.5. The van der Waals surface area contributed by atoms with E-state index in [1.54, 1.807) is 0 Å². The highest BCUT2D eigenvalue weighted by Crippen LogP contribution is 1.97. The van der Waals surface area contributed by atoms with E-state index in [-0.39, 0.29) is 0 Å². The Morgan fingerprint density at radius 3 is 2.25 bits per heavy atom. The molecular formula is C6H14BrN. The summed E-state index contributed by atoms with van der Waals surface area (Å²) >= 11 is 3.47. The quantitative estimate of drug-likeness (QED) is 0.597. The summed E-state index contributed by atoms with van der Waals surface area (Å²) in [7, 11) is 2.12. The predicted molar refractivity (Wildman–Crippen MR) is 41.6 cm³/mol. The van der Waals surface area contributed by atoms with E-state index in [0.29, 0.717) is 4.83 Å². The molecule has 0 heterocycles. The molecule has 1 atom stereocenters. The fourth-order valence-corrected chi connectivity index (χ4v) is 1.05. The van der Waals surface area contributed by atoms with Crippen molar-refractivity contribution < 1.29 is 0 Å². The largest absolute Gasteiger partial charge is 0.306 e. The van der Waals surface area contributed by atoms with Gasteiger partial charge in [0.05, 0.1) is 0 Å². The van der Waals surface area contributed by atoms with Crippen LogP contribution in [0.15, 0.2) is 0 Å². The fourth-order valence-electron chi connectivity index (χ4n) is 0.559. The van der Waals surface area contributed by atoms with Crippen LogP contribution in [0, 0.1) is 0 Å². The van der Waals surface area contributed by atoms with Crippen LogP contribution in [0.2, 0.25) is 0 Å². The van der Waals surface area contributed by atoms with Gasteiger partial charge in [0.25, 0.3) is 0 Å². The topological polar surface area (TPSA) is 3.24 Å². The second kappa shape index (κ2) is 4.33. The van der Waals surface area contributed by atoms with Crippen LogP contribution < -0.4 is 0 Å².